The van der Waals surface area contributed by atoms with E-state index >= 15 is 0 Å². The molecule has 0 spiro atoms. The number of hydrogen-bond donors (Lipinski definition) is 2. The fourth-order valence-electron chi connectivity index (χ4n) is 2.98. The largest absolute Gasteiger partial charge is 0.288 e. The van der Waals surface area contributed by atoms with Crippen molar-refractivity contribution < 1.29 is 23.1 Å². The summed E-state index contributed by atoms with van der Waals surface area (Å²) in [6, 6.07) is 14.1. The molecular formula is C23H24ClN2O4S+. The summed E-state index contributed by atoms with van der Waals surface area (Å²) in [7, 11) is -3.94. The number of hydrogen-bond acceptors (Lipinski definition) is 4. The number of nitrogens with zero attached hydrogens (tertiary/aromatic N) is 1. The van der Waals surface area contributed by atoms with Crippen molar-refractivity contribution in [3.05, 3.63) is 88.2 Å². The molecule has 0 saturated carbocycles. The number of benzene rings is 2. The van der Waals surface area contributed by atoms with Gasteiger partial charge in [-0.1, -0.05) is 44.5 Å². The van der Waals surface area contributed by atoms with E-state index in [2.05, 4.69) is 4.72 Å². The van der Waals surface area contributed by atoms with E-state index in [-0.39, 0.29) is 32.1 Å². The van der Waals surface area contributed by atoms with Gasteiger partial charge in [-0.05, 0) is 47.4 Å². The molecule has 0 amide bonds. The second-order valence-corrected chi connectivity index (χ2v) is 10.4. The number of aryl methyl sites for hydroxylation is 1. The number of rotatable bonds is 5. The smallest absolute Gasteiger partial charge is 0.261 e. The minimum absolute atomic E-state index is 0.0752. The van der Waals surface area contributed by atoms with Crippen LogP contribution in [0.15, 0.2) is 65.7 Å². The molecule has 0 aliphatic carbocycles. The van der Waals surface area contributed by atoms with Crippen LogP contribution in [0.2, 0.25) is 5.02 Å². The summed E-state index contributed by atoms with van der Waals surface area (Å²) < 4.78 is 29.2. The normalized spacial score (nSPS) is 11.9. The lowest BCUT2D eigenvalue weighted by Crippen LogP contribution is -2.34. The lowest BCUT2D eigenvalue weighted by molar-refractivity contribution is -0.908. The number of ketones is 1. The molecular weight excluding hydrogens is 436 g/mol. The lowest BCUT2D eigenvalue weighted by Gasteiger charge is -2.19. The zero-order valence-electron chi connectivity index (χ0n) is 17.7. The van der Waals surface area contributed by atoms with Gasteiger partial charge in [-0.3, -0.25) is 14.7 Å². The van der Waals surface area contributed by atoms with Gasteiger partial charge in [0, 0.05) is 28.3 Å². The first-order chi connectivity index (χ1) is 14.4. The average molecular weight is 460 g/mol. The number of carbonyl (C=O) groups is 1. The van der Waals surface area contributed by atoms with Crippen LogP contribution in [0.25, 0.3) is 0 Å². The molecule has 0 saturated heterocycles. The van der Waals surface area contributed by atoms with Crippen LogP contribution in [0.1, 0.15) is 48.0 Å². The molecule has 2 aromatic carbocycles. The monoisotopic (exact) mass is 459 g/mol. The summed E-state index contributed by atoms with van der Waals surface area (Å²) in [5.41, 5.74) is 1.80. The highest BCUT2D eigenvalue weighted by atomic mass is 35.5. The van der Waals surface area contributed by atoms with Crippen LogP contribution in [0.3, 0.4) is 0 Å². The molecule has 31 heavy (non-hydrogen) atoms. The van der Waals surface area contributed by atoms with Gasteiger partial charge in [0.25, 0.3) is 10.0 Å². The zero-order valence-corrected chi connectivity index (χ0v) is 19.3. The van der Waals surface area contributed by atoms with Crippen LogP contribution < -0.4 is 9.45 Å². The molecule has 6 nitrogen and oxygen atoms in total. The molecule has 3 rings (SSSR count). The maximum atomic E-state index is 13.0. The van der Waals surface area contributed by atoms with Gasteiger partial charge in [0.15, 0.2) is 0 Å². The van der Waals surface area contributed by atoms with E-state index in [1.54, 1.807) is 31.2 Å². The first-order valence-electron chi connectivity index (χ1n) is 9.58. The van der Waals surface area contributed by atoms with Gasteiger partial charge in [0.1, 0.15) is 0 Å². The average Bonchev–Trinajstić information content (AvgIpc) is 2.70. The maximum Gasteiger partial charge on any atom is 0.261 e. The van der Waals surface area contributed by atoms with Crippen molar-refractivity contribution in [2.45, 2.75) is 38.0 Å². The zero-order chi connectivity index (χ0) is 23.0. The number of carbonyl (C=O) groups excluding carboxylic acids is 1. The number of anilines is 1. The minimum atomic E-state index is -3.94. The van der Waals surface area contributed by atoms with Crippen molar-refractivity contribution in [1.82, 2.24) is 0 Å². The fraction of sp³-hybridized carbons (Fsp3) is 0.217. The van der Waals surface area contributed by atoms with Gasteiger partial charge < -0.3 is 0 Å². The molecule has 0 fully saturated rings. The third kappa shape index (κ3) is 5.06. The highest BCUT2D eigenvalue weighted by Gasteiger charge is 2.23. The van der Waals surface area contributed by atoms with Crippen molar-refractivity contribution in [3.63, 3.8) is 0 Å². The van der Waals surface area contributed by atoms with E-state index < -0.39 is 15.8 Å². The van der Waals surface area contributed by atoms with E-state index in [9.17, 15) is 18.4 Å². The Kier molecular flexibility index (Phi) is 6.11. The van der Waals surface area contributed by atoms with Crippen molar-refractivity contribution in [2.24, 2.45) is 0 Å². The van der Waals surface area contributed by atoms with Gasteiger partial charge in [-0.25, -0.2) is 8.42 Å². The first-order valence-corrected chi connectivity index (χ1v) is 11.4. The van der Waals surface area contributed by atoms with Crippen LogP contribution in [0.5, 0.6) is 0 Å². The molecule has 1 heterocycles. The molecule has 0 bridgehead atoms. The summed E-state index contributed by atoms with van der Waals surface area (Å²) in [6.45, 7) is 7.81. The molecule has 1 aromatic heterocycles. The van der Waals surface area contributed by atoms with E-state index in [0.29, 0.717) is 5.69 Å². The minimum Gasteiger partial charge on any atom is -0.288 e. The molecule has 0 atom stereocenters. The second-order valence-electron chi connectivity index (χ2n) is 8.30. The third-order valence-corrected chi connectivity index (χ3v) is 6.51. The van der Waals surface area contributed by atoms with Crippen LogP contribution in [-0.2, 0) is 15.4 Å². The lowest BCUT2D eigenvalue weighted by atomic mass is 9.87. The number of aromatic nitrogens is 1. The van der Waals surface area contributed by atoms with Crippen molar-refractivity contribution >= 4 is 33.1 Å². The van der Waals surface area contributed by atoms with E-state index in [1.165, 1.54) is 36.5 Å². The van der Waals surface area contributed by atoms with Crippen LogP contribution >= 0.6 is 11.6 Å². The van der Waals surface area contributed by atoms with Crippen molar-refractivity contribution in [1.29, 1.82) is 0 Å². The number of nitrogens with one attached hydrogen (secondary N) is 1. The van der Waals surface area contributed by atoms with Gasteiger partial charge in [0.2, 0.25) is 17.7 Å². The summed E-state index contributed by atoms with van der Waals surface area (Å²) >= 11 is 6.07. The number of halogens is 1. The highest BCUT2D eigenvalue weighted by molar-refractivity contribution is 7.92. The van der Waals surface area contributed by atoms with Gasteiger partial charge in [-0.15, -0.1) is 0 Å². The Morgan fingerprint density at radius 3 is 2.26 bits per heavy atom. The second kappa shape index (κ2) is 8.32. The Hall–Kier alpha value is -2.90. The third-order valence-electron chi connectivity index (χ3n) is 4.89. The SMILES string of the molecule is Cc1ccc(C(=O)c2cc(Cl)ccc2NS(=O)(=O)c2ccc(C(C)(C)C)cc2)c[n+]1O. The summed E-state index contributed by atoms with van der Waals surface area (Å²) in [6.07, 6.45) is 1.27. The Morgan fingerprint density at radius 2 is 1.68 bits per heavy atom. The summed E-state index contributed by atoms with van der Waals surface area (Å²) in [4.78, 5) is 13.1. The van der Waals surface area contributed by atoms with E-state index in [0.717, 1.165) is 10.3 Å². The van der Waals surface area contributed by atoms with Crippen LogP contribution in [0.4, 0.5) is 5.69 Å². The number of pyridine rings is 1. The highest BCUT2D eigenvalue weighted by Crippen LogP contribution is 2.27. The number of sulfonamides is 1. The van der Waals surface area contributed by atoms with Crippen molar-refractivity contribution in [3.8, 4) is 0 Å². The topological polar surface area (TPSA) is 87.4 Å². The predicted octanol–water partition coefficient (Wildman–Crippen LogP) is 4.50. The van der Waals surface area contributed by atoms with Gasteiger partial charge in [0.05, 0.1) is 16.1 Å². The molecule has 2 N–H and O–H groups in total. The van der Waals surface area contributed by atoms with Gasteiger partial charge in [-0.2, -0.15) is 0 Å². The Morgan fingerprint density at radius 1 is 1.03 bits per heavy atom. The quantitative estimate of drug-likeness (QED) is 0.334. The summed E-state index contributed by atoms with van der Waals surface area (Å²) in [5.74, 6) is -0.480. The fourth-order valence-corrected chi connectivity index (χ4v) is 4.24. The maximum absolute atomic E-state index is 13.0. The standard InChI is InChI=1S/C23H23ClN2O4S/c1-15-5-6-16(14-26(15)28)22(27)20-13-18(24)9-12-21(20)25-31(29,30)19-10-7-17(8-11-19)23(2,3)4/h5-14H,1-4H3,(H-,25,27,28)/p+1. The van der Waals surface area contributed by atoms with Crippen LogP contribution in [-0.4, -0.2) is 19.4 Å². The Labute approximate surface area is 187 Å². The van der Waals surface area contributed by atoms with E-state index in [1.807, 2.05) is 20.8 Å². The molecule has 162 valence electrons. The molecule has 0 unspecified atom stereocenters. The predicted molar refractivity (Wildman–Crippen MR) is 119 cm³/mol. The molecule has 3 aromatic rings. The molecule has 0 aliphatic heterocycles. The summed E-state index contributed by atoms with van der Waals surface area (Å²) in [5, 5.41) is 10.1. The Balaban J connectivity index is 1.98. The van der Waals surface area contributed by atoms with E-state index in [4.69, 9.17) is 11.6 Å². The Bertz CT molecular complexity index is 1250. The molecule has 8 heteroatoms. The molecule has 0 aliphatic rings. The van der Waals surface area contributed by atoms with Crippen molar-refractivity contribution in [2.75, 3.05) is 4.72 Å². The molecule has 0 radical (unpaired) electrons. The first kappa shape index (κ1) is 22.8. The van der Waals surface area contributed by atoms with Gasteiger partial charge >= 0.3 is 0 Å². The van der Waals surface area contributed by atoms with Crippen LogP contribution in [0, 0.1) is 6.92 Å².